The van der Waals surface area contributed by atoms with E-state index in [4.69, 9.17) is 23.4 Å². The van der Waals surface area contributed by atoms with Gasteiger partial charge in [0, 0.05) is 13.5 Å². The number of hydrogen-bond acceptors (Lipinski definition) is 9. The van der Waals surface area contributed by atoms with Crippen molar-refractivity contribution < 1.29 is 42.3 Å². The molecule has 0 aromatic heterocycles. The minimum atomic E-state index is -3.92. The molecule has 0 aliphatic heterocycles. The molecule has 0 bridgehead atoms. The fourth-order valence-corrected chi connectivity index (χ4v) is 5.06. The summed E-state index contributed by atoms with van der Waals surface area (Å²) in [6.45, 7) is 0.556. The molecular weight excluding hydrogens is 561 g/mol. The zero-order valence-corrected chi connectivity index (χ0v) is 24.5. The summed E-state index contributed by atoms with van der Waals surface area (Å²) in [5.41, 5.74) is 1.83. The molecule has 0 aliphatic carbocycles. The zero-order chi connectivity index (χ0) is 30.0. The Labute approximate surface area is 246 Å². The van der Waals surface area contributed by atoms with E-state index >= 15 is 0 Å². The van der Waals surface area contributed by atoms with Gasteiger partial charge in [0.15, 0.2) is 0 Å². The Morgan fingerprint density at radius 1 is 0.690 bits per heavy atom. The quantitative estimate of drug-likeness (QED) is 0.0569. The smallest absolute Gasteiger partial charge is 0.340 e. The van der Waals surface area contributed by atoms with Crippen LogP contribution < -0.4 is 0 Å². The Hall–Kier alpha value is -3.82. The maximum Gasteiger partial charge on any atom is 0.340 e. The van der Waals surface area contributed by atoms with Crippen molar-refractivity contribution in [2.45, 2.75) is 32.6 Å². The fraction of sp³-hybridized carbons (Fsp3) is 0.323. The van der Waals surface area contributed by atoms with E-state index in [0.717, 1.165) is 19.3 Å². The number of carbonyl (C=O) groups is 3. The van der Waals surface area contributed by atoms with Gasteiger partial charge in [0.25, 0.3) is 0 Å². The van der Waals surface area contributed by atoms with Gasteiger partial charge in [-0.15, -0.1) is 0 Å². The van der Waals surface area contributed by atoms with Crippen LogP contribution in [0, 0.1) is 0 Å². The van der Waals surface area contributed by atoms with E-state index in [9.17, 15) is 18.9 Å². The summed E-state index contributed by atoms with van der Waals surface area (Å²) in [6, 6.07) is 26.6. The summed E-state index contributed by atoms with van der Waals surface area (Å²) in [5, 5.41) is 1.21. The molecule has 42 heavy (non-hydrogen) atoms. The molecule has 0 heterocycles. The average molecular weight is 598 g/mol. The van der Waals surface area contributed by atoms with Crippen molar-refractivity contribution in [3.05, 3.63) is 108 Å². The number of amides is 1. The number of nitrogens with zero attached hydrogens (tertiary/aromatic N) is 1. The molecule has 0 N–H and O–H groups in total. The molecule has 3 aromatic carbocycles. The third-order valence-electron chi connectivity index (χ3n) is 5.99. The van der Waals surface area contributed by atoms with Crippen LogP contribution in [0.5, 0.6) is 0 Å². The van der Waals surface area contributed by atoms with Gasteiger partial charge >= 0.3 is 19.5 Å². The van der Waals surface area contributed by atoms with Crippen LogP contribution in [-0.2, 0) is 39.1 Å². The Morgan fingerprint density at radius 3 is 1.69 bits per heavy atom. The molecule has 11 heteroatoms. The van der Waals surface area contributed by atoms with Crippen molar-refractivity contribution in [1.82, 2.24) is 5.06 Å². The normalized spacial score (nSPS) is 11.1. The monoisotopic (exact) mass is 597 g/mol. The van der Waals surface area contributed by atoms with Gasteiger partial charge in [0.05, 0.1) is 23.9 Å². The number of benzene rings is 3. The predicted octanol–water partition coefficient (Wildman–Crippen LogP) is 6.03. The second-order valence-corrected chi connectivity index (χ2v) is 11.4. The first-order chi connectivity index (χ1) is 20.4. The van der Waals surface area contributed by atoms with E-state index in [2.05, 4.69) is 12.1 Å². The molecule has 3 aromatic rings. The number of ether oxygens (including phenoxy) is 2. The number of hydrogen-bond donors (Lipinski definition) is 0. The van der Waals surface area contributed by atoms with Gasteiger partial charge in [-0.05, 0) is 55.5 Å². The highest BCUT2D eigenvalue weighted by Crippen LogP contribution is 2.48. The first kappa shape index (κ1) is 32.7. The third-order valence-corrected chi connectivity index (χ3v) is 7.85. The van der Waals surface area contributed by atoms with Crippen molar-refractivity contribution in [1.29, 1.82) is 0 Å². The standard InChI is InChI=1S/C31H36NO9P/c1-26(33)32(39-22-12-11-16-27-14-5-2-6-15-27)21-13-23-42(36,40-24-37-30(34)28-17-7-3-8-18-28)41-25-38-31(35)29-19-9-4-10-20-29/h2-10,14-15,17-20H,11-13,16,21-25H2,1H3. The molecule has 0 atom stereocenters. The molecule has 0 fully saturated rings. The van der Waals surface area contributed by atoms with E-state index in [1.54, 1.807) is 60.7 Å². The van der Waals surface area contributed by atoms with Crippen LogP contribution in [0.1, 0.15) is 52.5 Å². The Kier molecular flexibility index (Phi) is 13.9. The van der Waals surface area contributed by atoms with E-state index in [1.165, 1.54) is 17.6 Å². The Balaban J connectivity index is 1.48. The number of esters is 2. The van der Waals surface area contributed by atoms with Crippen LogP contribution in [0.25, 0.3) is 0 Å². The number of carbonyl (C=O) groups excluding carboxylic acids is 3. The van der Waals surface area contributed by atoms with Gasteiger partial charge < -0.3 is 9.47 Å². The van der Waals surface area contributed by atoms with Gasteiger partial charge in [0.1, 0.15) is 0 Å². The van der Waals surface area contributed by atoms with Crippen LogP contribution in [0.15, 0.2) is 91.0 Å². The van der Waals surface area contributed by atoms with Crippen molar-refractivity contribution >= 4 is 25.4 Å². The Morgan fingerprint density at radius 2 is 1.19 bits per heavy atom. The minimum Gasteiger partial charge on any atom is -0.434 e. The van der Waals surface area contributed by atoms with Crippen molar-refractivity contribution in [3.8, 4) is 0 Å². The van der Waals surface area contributed by atoms with Crippen molar-refractivity contribution in [2.75, 3.05) is 32.9 Å². The van der Waals surface area contributed by atoms with Crippen LogP contribution >= 0.6 is 7.60 Å². The van der Waals surface area contributed by atoms with Crippen LogP contribution in [-0.4, -0.2) is 55.8 Å². The molecule has 0 radical (unpaired) electrons. The number of rotatable bonds is 18. The van der Waals surface area contributed by atoms with Crippen molar-refractivity contribution in [3.63, 3.8) is 0 Å². The maximum atomic E-state index is 13.5. The molecule has 0 saturated heterocycles. The van der Waals surface area contributed by atoms with Gasteiger partial charge in [-0.3, -0.25) is 23.2 Å². The van der Waals surface area contributed by atoms with E-state index in [-0.39, 0.29) is 25.0 Å². The van der Waals surface area contributed by atoms with Crippen LogP contribution in [0.4, 0.5) is 0 Å². The molecule has 0 aliphatic rings. The Bertz CT molecular complexity index is 1230. The molecule has 0 spiro atoms. The summed E-state index contributed by atoms with van der Waals surface area (Å²) in [7, 11) is -3.92. The zero-order valence-electron chi connectivity index (χ0n) is 23.6. The summed E-state index contributed by atoms with van der Waals surface area (Å²) >= 11 is 0. The molecule has 0 saturated carbocycles. The highest BCUT2D eigenvalue weighted by atomic mass is 31.2. The fourth-order valence-electron chi connectivity index (χ4n) is 3.77. The lowest BCUT2D eigenvalue weighted by atomic mass is 10.1. The van der Waals surface area contributed by atoms with Gasteiger partial charge in [-0.25, -0.2) is 14.7 Å². The largest absolute Gasteiger partial charge is 0.434 e. The molecule has 3 rings (SSSR count). The lowest BCUT2D eigenvalue weighted by Crippen LogP contribution is -2.31. The minimum absolute atomic E-state index is 0.123. The van der Waals surface area contributed by atoms with Gasteiger partial charge in [0.2, 0.25) is 19.5 Å². The lowest BCUT2D eigenvalue weighted by Gasteiger charge is -2.22. The van der Waals surface area contributed by atoms with Crippen LogP contribution in [0.2, 0.25) is 0 Å². The SMILES string of the molecule is CC(=O)N(CCCP(=O)(OCOC(=O)c1ccccc1)OCOC(=O)c1ccccc1)OCCCCc1ccccc1. The second kappa shape index (κ2) is 17.9. The summed E-state index contributed by atoms with van der Waals surface area (Å²) < 4.78 is 34.4. The predicted molar refractivity (Wildman–Crippen MR) is 155 cm³/mol. The van der Waals surface area contributed by atoms with Gasteiger partial charge in [-0.1, -0.05) is 66.7 Å². The summed E-state index contributed by atoms with van der Waals surface area (Å²) in [6.07, 6.45) is 2.59. The third kappa shape index (κ3) is 12.0. The van der Waals surface area contributed by atoms with E-state index < -0.39 is 33.1 Å². The molecule has 0 unspecified atom stereocenters. The molecule has 1 amide bonds. The first-order valence-corrected chi connectivity index (χ1v) is 15.4. The topological polar surface area (TPSA) is 118 Å². The number of unbranched alkanes of at least 4 members (excludes halogenated alkanes) is 1. The first-order valence-electron chi connectivity index (χ1n) is 13.6. The summed E-state index contributed by atoms with van der Waals surface area (Å²) in [5.74, 6) is -1.63. The average Bonchev–Trinajstić information content (AvgIpc) is 3.01. The second-order valence-electron chi connectivity index (χ2n) is 9.17. The maximum absolute atomic E-state index is 13.5. The van der Waals surface area contributed by atoms with Gasteiger partial charge in [-0.2, -0.15) is 0 Å². The molecular formula is C31H36NO9P. The summed E-state index contributed by atoms with van der Waals surface area (Å²) in [4.78, 5) is 42.2. The van der Waals surface area contributed by atoms with E-state index in [1.807, 2.05) is 18.2 Å². The molecule has 224 valence electrons. The number of hydroxylamine groups is 2. The lowest BCUT2D eigenvalue weighted by molar-refractivity contribution is -0.184. The highest BCUT2D eigenvalue weighted by Gasteiger charge is 2.27. The van der Waals surface area contributed by atoms with E-state index in [0.29, 0.717) is 17.7 Å². The van der Waals surface area contributed by atoms with Crippen molar-refractivity contribution in [2.24, 2.45) is 0 Å². The van der Waals surface area contributed by atoms with Crippen LogP contribution in [0.3, 0.4) is 0 Å². The highest BCUT2D eigenvalue weighted by molar-refractivity contribution is 7.53. The molecule has 10 nitrogen and oxygen atoms in total. The number of aryl methyl sites for hydroxylation is 1.